The van der Waals surface area contributed by atoms with Crippen LogP contribution >= 0.6 is 0 Å². The number of aryl methyl sites for hydroxylation is 1. The highest BCUT2D eigenvalue weighted by atomic mass is 32.2. The third-order valence-corrected chi connectivity index (χ3v) is 6.16. The second-order valence-corrected chi connectivity index (χ2v) is 9.11. The van der Waals surface area contributed by atoms with Gasteiger partial charge in [-0.15, -0.1) is 0 Å². The first-order valence-corrected chi connectivity index (χ1v) is 11.1. The average Bonchev–Trinajstić information content (AvgIpc) is 3.19. The van der Waals surface area contributed by atoms with Crippen molar-refractivity contribution in [1.82, 2.24) is 9.78 Å². The molecule has 0 bridgehead atoms. The number of hydrogen-bond acceptors (Lipinski definition) is 6. The Hall–Kier alpha value is -3.33. The maximum atomic E-state index is 12.6. The minimum Gasteiger partial charge on any atom is -0.493 e. The van der Waals surface area contributed by atoms with Crippen LogP contribution in [-0.4, -0.2) is 37.8 Å². The Morgan fingerprint density at radius 2 is 1.90 bits per heavy atom. The molecule has 8 nitrogen and oxygen atoms in total. The van der Waals surface area contributed by atoms with Crippen LogP contribution in [0.15, 0.2) is 48.5 Å². The SMILES string of the molecule is COc1ccccc1OCC(=O)Nc1c2c(nn1-c1cccc(C)c1)CS(=O)(=O)C2. The number of rotatable bonds is 6. The fourth-order valence-corrected chi connectivity index (χ4v) is 4.86. The number of sulfone groups is 1. The number of benzene rings is 2. The molecule has 0 atom stereocenters. The zero-order chi connectivity index (χ0) is 21.3. The molecule has 1 amide bonds. The highest BCUT2D eigenvalue weighted by Crippen LogP contribution is 2.33. The first-order valence-electron chi connectivity index (χ1n) is 9.30. The predicted octanol–water partition coefficient (Wildman–Crippen LogP) is 2.64. The minimum atomic E-state index is -3.27. The van der Waals surface area contributed by atoms with Crippen molar-refractivity contribution in [3.63, 3.8) is 0 Å². The number of amides is 1. The van der Waals surface area contributed by atoms with Crippen molar-refractivity contribution in [2.45, 2.75) is 18.4 Å². The molecule has 0 radical (unpaired) electrons. The summed E-state index contributed by atoms with van der Waals surface area (Å²) in [5, 5.41) is 7.24. The molecular weight excluding hydrogens is 406 g/mol. The summed E-state index contributed by atoms with van der Waals surface area (Å²) in [5.74, 6) is 0.586. The van der Waals surface area contributed by atoms with Crippen LogP contribution in [0.4, 0.5) is 5.82 Å². The van der Waals surface area contributed by atoms with E-state index >= 15 is 0 Å². The summed E-state index contributed by atoms with van der Waals surface area (Å²) in [4.78, 5) is 12.6. The first kappa shape index (κ1) is 20.0. The number of ether oxygens (including phenoxy) is 2. The number of nitrogens with one attached hydrogen (secondary N) is 1. The first-order chi connectivity index (χ1) is 14.4. The molecule has 1 aliphatic rings. The van der Waals surface area contributed by atoms with Gasteiger partial charge in [-0.2, -0.15) is 5.10 Å². The van der Waals surface area contributed by atoms with Gasteiger partial charge in [0.25, 0.3) is 5.91 Å². The van der Waals surface area contributed by atoms with Gasteiger partial charge in [-0.25, -0.2) is 13.1 Å². The van der Waals surface area contributed by atoms with E-state index in [2.05, 4.69) is 10.4 Å². The number of anilines is 1. The van der Waals surface area contributed by atoms with Crippen molar-refractivity contribution in [1.29, 1.82) is 0 Å². The highest BCUT2D eigenvalue weighted by molar-refractivity contribution is 7.90. The summed E-state index contributed by atoms with van der Waals surface area (Å²) < 4.78 is 36.5. The Morgan fingerprint density at radius 3 is 2.63 bits per heavy atom. The van der Waals surface area contributed by atoms with Gasteiger partial charge in [0.2, 0.25) is 0 Å². The quantitative estimate of drug-likeness (QED) is 0.649. The van der Waals surface area contributed by atoms with Gasteiger partial charge in [0.05, 0.1) is 30.0 Å². The van der Waals surface area contributed by atoms with Gasteiger partial charge in [-0.1, -0.05) is 24.3 Å². The Kier molecular flexibility index (Phi) is 5.21. The summed E-state index contributed by atoms with van der Waals surface area (Å²) >= 11 is 0. The Labute approximate surface area is 174 Å². The lowest BCUT2D eigenvalue weighted by molar-refractivity contribution is -0.118. The normalized spacial score (nSPS) is 14.2. The third kappa shape index (κ3) is 4.02. The monoisotopic (exact) mass is 427 g/mol. The van der Waals surface area contributed by atoms with E-state index in [4.69, 9.17) is 9.47 Å². The van der Waals surface area contributed by atoms with E-state index < -0.39 is 15.7 Å². The lowest BCUT2D eigenvalue weighted by atomic mass is 10.2. The van der Waals surface area contributed by atoms with Crippen LogP contribution in [0.5, 0.6) is 11.5 Å². The molecule has 1 aromatic heterocycles. The van der Waals surface area contributed by atoms with Crippen molar-refractivity contribution in [3.8, 4) is 17.2 Å². The number of hydrogen-bond donors (Lipinski definition) is 1. The molecule has 2 aromatic carbocycles. The summed E-state index contributed by atoms with van der Waals surface area (Å²) in [6.45, 7) is 1.69. The van der Waals surface area contributed by atoms with Gasteiger partial charge in [0.15, 0.2) is 27.9 Å². The zero-order valence-electron chi connectivity index (χ0n) is 16.6. The Morgan fingerprint density at radius 1 is 1.13 bits per heavy atom. The number of carbonyl (C=O) groups is 1. The van der Waals surface area contributed by atoms with E-state index in [1.54, 1.807) is 28.9 Å². The number of fused-ring (bicyclic) bond motifs is 1. The van der Waals surface area contributed by atoms with Crippen LogP contribution in [0.2, 0.25) is 0 Å². The molecule has 0 aliphatic carbocycles. The largest absolute Gasteiger partial charge is 0.493 e. The Bertz CT molecular complexity index is 1220. The topological polar surface area (TPSA) is 99.5 Å². The summed E-state index contributed by atoms with van der Waals surface area (Å²) in [7, 11) is -1.75. The van der Waals surface area contributed by atoms with Crippen molar-refractivity contribution in [3.05, 3.63) is 65.4 Å². The Balaban J connectivity index is 1.60. The predicted molar refractivity (Wildman–Crippen MR) is 112 cm³/mol. The molecule has 1 aliphatic heterocycles. The van der Waals surface area contributed by atoms with E-state index in [-0.39, 0.29) is 18.1 Å². The van der Waals surface area contributed by atoms with Crippen LogP contribution in [0, 0.1) is 6.92 Å². The number of nitrogens with zero attached hydrogens (tertiary/aromatic N) is 2. The van der Waals surface area contributed by atoms with Crippen LogP contribution in [0.25, 0.3) is 5.69 Å². The number of carbonyl (C=O) groups excluding carboxylic acids is 1. The standard InChI is InChI=1S/C21H21N3O5S/c1-14-6-5-7-15(10-14)24-21(16-12-30(26,27)13-17(16)23-24)22-20(25)11-29-19-9-4-3-8-18(19)28-2/h3-10H,11-13H2,1-2H3,(H,22,25). The molecular formula is C21H21N3O5S. The summed E-state index contributed by atoms with van der Waals surface area (Å²) in [5.41, 5.74) is 2.73. The zero-order valence-corrected chi connectivity index (χ0v) is 17.4. The van der Waals surface area contributed by atoms with Crippen molar-refractivity contribution >= 4 is 21.6 Å². The van der Waals surface area contributed by atoms with Crippen molar-refractivity contribution < 1.29 is 22.7 Å². The smallest absolute Gasteiger partial charge is 0.263 e. The fraction of sp³-hybridized carbons (Fsp3) is 0.238. The van der Waals surface area contributed by atoms with E-state index in [0.717, 1.165) is 11.3 Å². The molecule has 2 heterocycles. The van der Waals surface area contributed by atoms with Crippen molar-refractivity contribution in [2.75, 3.05) is 19.0 Å². The van der Waals surface area contributed by atoms with Gasteiger partial charge in [0.1, 0.15) is 5.82 Å². The van der Waals surface area contributed by atoms with Crippen LogP contribution < -0.4 is 14.8 Å². The minimum absolute atomic E-state index is 0.137. The highest BCUT2D eigenvalue weighted by Gasteiger charge is 2.33. The molecule has 30 heavy (non-hydrogen) atoms. The second-order valence-electron chi connectivity index (χ2n) is 7.04. The lowest BCUT2D eigenvalue weighted by Crippen LogP contribution is -2.23. The fourth-order valence-electron chi connectivity index (χ4n) is 3.37. The van der Waals surface area contributed by atoms with E-state index in [1.807, 2.05) is 31.2 Å². The molecule has 4 rings (SSSR count). The van der Waals surface area contributed by atoms with E-state index in [9.17, 15) is 13.2 Å². The third-order valence-electron chi connectivity index (χ3n) is 4.72. The number of methoxy groups -OCH3 is 1. The molecule has 1 N–H and O–H groups in total. The number of aromatic nitrogens is 2. The summed E-state index contributed by atoms with van der Waals surface area (Å²) in [6.07, 6.45) is 0. The molecule has 0 saturated heterocycles. The van der Waals surface area contributed by atoms with Crippen LogP contribution in [0.1, 0.15) is 16.8 Å². The van der Waals surface area contributed by atoms with Gasteiger partial charge in [0, 0.05) is 5.56 Å². The molecule has 3 aromatic rings. The lowest BCUT2D eigenvalue weighted by Gasteiger charge is -2.13. The van der Waals surface area contributed by atoms with E-state index in [1.165, 1.54) is 7.11 Å². The van der Waals surface area contributed by atoms with Crippen molar-refractivity contribution in [2.24, 2.45) is 0 Å². The molecule has 156 valence electrons. The maximum Gasteiger partial charge on any atom is 0.263 e. The van der Waals surface area contributed by atoms with E-state index in [0.29, 0.717) is 28.6 Å². The molecule has 0 spiro atoms. The van der Waals surface area contributed by atoms with Crippen LogP contribution in [-0.2, 0) is 26.1 Å². The molecule has 0 saturated carbocycles. The second kappa shape index (κ2) is 7.83. The molecule has 0 unspecified atom stereocenters. The average molecular weight is 427 g/mol. The van der Waals surface area contributed by atoms with Gasteiger partial charge in [-0.05, 0) is 36.8 Å². The maximum absolute atomic E-state index is 12.6. The van der Waals surface area contributed by atoms with Gasteiger partial charge >= 0.3 is 0 Å². The van der Waals surface area contributed by atoms with Gasteiger partial charge in [-0.3, -0.25) is 4.79 Å². The molecule has 0 fully saturated rings. The summed E-state index contributed by atoms with van der Waals surface area (Å²) in [6, 6.07) is 14.6. The molecule has 9 heteroatoms. The number of para-hydroxylation sites is 2. The van der Waals surface area contributed by atoms with Gasteiger partial charge < -0.3 is 14.8 Å². The van der Waals surface area contributed by atoms with Crippen LogP contribution in [0.3, 0.4) is 0 Å².